The Morgan fingerprint density at radius 3 is 2.48 bits per heavy atom. The maximum absolute atomic E-state index is 12.8. The summed E-state index contributed by atoms with van der Waals surface area (Å²) in [4.78, 5) is 25.5. The topological polar surface area (TPSA) is 84.7 Å². The molecule has 138 valence electrons. The predicted molar refractivity (Wildman–Crippen MR) is 98.0 cm³/mol. The third-order valence-corrected chi connectivity index (χ3v) is 4.66. The molecule has 2 fully saturated rings. The highest BCUT2D eigenvalue weighted by Crippen LogP contribution is 2.28. The molecule has 2 amide bonds. The number of benzene rings is 1. The first-order valence-corrected chi connectivity index (χ1v) is 8.66. The van der Waals surface area contributed by atoms with Gasteiger partial charge >= 0.3 is 0 Å². The van der Waals surface area contributed by atoms with Crippen LogP contribution in [-0.4, -0.2) is 49.0 Å². The number of carbonyl (C=O) groups excluding carboxylic acids is 2. The Morgan fingerprint density at radius 2 is 1.84 bits per heavy atom. The minimum Gasteiger partial charge on any atom is -0.483 e. The second-order valence-corrected chi connectivity index (χ2v) is 6.67. The second kappa shape index (κ2) is 9.06. The summed E-state index contributed by atoms with van der Waals surface area (Å²) in [5.41, 5.74) is 5.60. The Kier molecular flexibility index (Phi) is 7.08. The van der Waals surface area contributed by atoms with Crippen molar-refractivity contribution in [3.8, 4) is 5.75 Å². The normalized spacial score (nSPS) is 17.7. The lowest BCUT2D eigenvalue weighted by atomic mass is 10.0. The molecule has 0 unspecified atom stereocenters. The highest BCUT2D eigenvalue weighted by atomic mass is 35.5. The van der Waals surface area contributed by atoms with E-state index in [1.165, 1.54) is 12.8 Å². The third-order valence-electron chi connectivity index (χ3n) is 4.66. The second-order valence-electron chi connectivity index (χ2n) is 6.67. The van der Waals surface area contributed by atoms with Crippen LogP contribution in [0.3, 0.4) is 0 Å². The summed E-state index contributed by atoms with van der Waals surface area (Å²) in [6, 6.07) is 7.52. The van der Waals surface area contributed by atoms with Crippen LogP contribution in [0.5, 0.6) is 5.75 Å². The van der Waals surface area contributed by atoms with Crippen molar-refractivity contribution >= 4 is 24.2 Å². The van der Waals surface area contributed by atoms with E-state index in [2.05, 4.69) is 5.32 Å². The van der Waals surface area contributed by atoms with Gasteiger partial charge in [-0.3, -0.25) is 9.59 Å². The lowest BCUT2D eigenvalue weighted by molar-refractivity contribution is -0.119. The number of hydrogen-bond acceptors (Lipinski definition) is 4. The van der Waals surface area contributed by atoms with E-state index in [0.717, 1.165) is 38.4 Å². The molecule has 25 heavy (non-hydrogen) atoms. The Hall–Kier alpha value is -1.79. The molecule has 3 N–H and O–H groups in total. The molecule has 1 aromatic carbocycles. The van der Waals surface area contributed by atoms with Crippen LogP contribution >= 0.6 is 12.4 Å². The molecule has 1 saturated heterocycles. The number of halogens is 1. The van der Waals surface area contributed by atoms with Crippen LogP contribution in [0.4, 0.5) is 0 Å². The standard InChI is InChI=1S/C18H25N3O3.ClH/c19-17(22)12-24-16-4-2-1-3-15(16)18(23)21-9-7-14(8-10-21)20-11-13-5-6-13;/h1-4,13-14,20H,5-12H2,(H2,19,22);1H. The zero-order chi connectivity index (χ0) is 16.9. The largest absolute Gasteiger partial charge is 0.483 e. The summed E-state index contributed by atoms with van der Waals surface area (Å²) in [7, 11) is 0. The van der Waals surface area contributed by atoms with Crippen molar-refractivity contribution < 1.29 is 14.3 Å². The first-order valence-electron chi connectivity index (χ1n) is 8.66. The Balaban J connectivity index is 0.00000225. The van der Waals surface area contributed by atoms with Gasteiger partial charge in [0.05, 0.1) is 5.56 Å². The molecule has 2 aliphatic rings. The number of amides is 2. The number of nitrogens with two attached hydrogens (primary N) is 1. The van der Waals surface area contributed by atoms with E-state index in [0.29, 0.717) is 17.4 Å². The van der Waals surface area contributed by atoms with Crippen LogP contribution < -0.4 is 15.8 Å². The van der Waals surface area contributed by atoms with E-state index in [9.17, 15) is 9.59 Å². The van der Waals surface area contributed by atoms with Gasteiger partial charge in [-0.15, -0.1) is 12.4 Å². The molecule has 1 aliphatic heterocycles. The van der Waals surface area contributed by atoms with Crippen molar-refractivity contribution in [2.24, 2.45) is 11.7 Å². The summed E-state index contributed by atoms with van der Waals surface area (Å²) in [6.45, 7) is 2.37. The van der Waals surface area contributed by atoms with Gasteiger partial charge in [0.2, 0.25) is 0 Å². The van der Waals surface area contributed by atoms with Gasteiger partial charge in [0, 0.05) is 19.1 Å². The van der Waals surface area contributed by atoms with E-state index in [1.807, 2.05) is 4.90 Å². The summed E-state index contributed by atoms with van der Waals surface area (Å²) in [6.07, 6.45) is 4.66. The average Bonchev–Trinajstić information content (AvgIpc) is 3.43. The average molecular weight is 368 g/mol. The molecular weight excluding hydrogens is 342 g/mol. The van der Waals surface area contributed by atoms with Crippen LogP contribution in [0, 0.1) is 5.92 Å². The summed E-state index contributed by atoms with van der Waals surface area (Å²) < 4.78 is 5.37. The smallest absolute Gasteiger partial charge is 0.257 e. The molecule has 1 aromatic rings. The summed E-state index contributed by atoms with van der Waals surface area (Å²) >= 11 is 0. The number of piperidine rings is 1. The van der Waals surface area contributed by atoms with Gasteiger partial charge in [-0.2, -0.15) is 0 Å². The van der Waals surface area contributed by atoms with Gasteiger partial charge in [0.15, 0.2) is 6.61 Å². The van der Waals surface area contributed by atoms with Crippen molar-refractivity contribution in [1.29, 1.82) is 0 Å². The number of nitrogens with one attached hydrogen (secondary N) is 1. The lowest BCUT2D eigenvalue weighted by Crippen LogP contribution is -2.45. The summed E-state index contributed by atoms with van der Waals surface area (Å²) in [5.74, 6) is 0.685. The van der Waals surface area contributed by atoms with Gasteiger partial charge < -0.3 is 20.7 Å². The molecule has 0 bridgehead atoms. The molecule has 0 radical (unpaired) electrons. The van der Waals surface area contributed by atoms with Crippen molar-refractivity contribution in [3.05, 3.63) is 29.8 Å². The zero-order valence-corrected chi connectivity index (χ0v) is 15.1. The first kappa shape index (κ1) is 19.5. The van der Waals surface area contributed by atoms with E-state index in [-0.39, 0.29) is 24.9 Å². The Bertz CT molecular complexity index is 599. The quantitative estimate of drug-likeness (QED) is 0.766. The maximum atomic E-state index is 12.8. The molecule has 6 nitrogen and oxygen atoms in total. The van der Waals surface area contributed by atoms with Crippen LogP contribution in [0.15, 0.2) is 24.3 Å². The fourth-order valence-corrected chi connectivity index (χ4v) is 3.03. The predicted octanol–water partition coefficient (Wildman–Crippen LogP) is 1.58. The minimum absolute atomic E-state index is 0. The molecule has 1 heterocycles. The Morgan fingerprint density at radius 1 is 1.16 bits per heavy atom. The SMILES string of the molecule is Cl.NC(=O)COc1ccccc1C(=O)N1CCC(NCC2CC2)CC1. The van der Waals surface area contributed by atoms with Crippen molar-refractivity contribution in [3.63, 3.8) is 0 Å². The van der Waals surface area contributed by atoms with E-state index >= 15 is 0 Å². The molecule has 1 saturated carbocycles. The number of hydrogen-bond donors (Lipinski definition) is 2. The highest BCUT2D eigenvalue weighted by Gasteiger charge is 2.27. The lowest BCUT2D eigenvalue weighted by Gasteiger charge is -2.33. The minimum atomic E-state index is -0.556. The number of likely N-dealkylation sites (tertiary alicyclic amines) is 1. The maximum Gasteiger partial charge on any atom is 0.257 e. The molecule has 3 rings (SSSR count). The summed E-state index contributed by atoms with van der Waals surface area (Å²) in [5, 5.41) is 3.61. The van der Waals surface area contributed by atoms with Gasteiger partial charge in [-0.05, 0) is 50.3 Å². The fraction of sp³-hybridized carbons (Fsp3) is 0.556. The van der Waals surface area contributed by atoms with Gasteiger partial charge in [-0.25, -0.2) is 0 Å². The third kappa shape index (κ3) is 5.61. The van der Waals surface area contributed by atoms with E-state index in [1.54, 1.807) is 24.3 Å². The number of primary amides is 1. The van der Waals surface area contributed by atoms with Crippen LogP contribution in [0.1, 0.15) is 36.0 Å². The molecule has 7 heteroatoms. The highest BCUT2D eigenvalue weighted by molar-refractivity contribution is 5.97. The number of nitrogens with zero attached hydrogens (tertiary/aromatic N) is 1. The van der Waals surface area contributed by atoms with Gasteiger partial charge in [-0.1, -0.05) is 12.1 Å². The molecule has 0 aromatic heterocycles. The van der Waals surface area contributed by atoms with Crippen molar-refractivity contribution in [2.45, 2.75) is 31.7 Å². The van der Waals surface area contributed by atoms with Gasteiger partial charge in [0.1, 0.15) is 5.75 Å². The zero-order valence-electron chi connectivity index (χ0n) is 14.3. The molecular formula is C18H26ClN3O3. The molecule has 0 spiro atoms. The van der Waals surface area contributed by atoms with E-state index in [4.69, 9.17) is 10.5 Å². The monoisotopic (exact) mass is 367 g/mol. The van der Waals surface area contributed by atoms with E-state index < -0.39 is 5.91 Å². The van der Waals surface area contributed by atoms with Crippen LogP contribution in [-0.2, 0) is 4.79 Å². The van der Waals surface area contributed by atoms with Crippen LogP contribution in [0.25, 0.3) is 0 Å². The van der Waals surface area contributed by atoms with Crippen molar-refractivity contribution in [2.75, 3.05) is 26.2 Å². The van der Waals surface area contributed by atoms with Gasteiger partial charge in [0.25, 0.3) is 11.8 Å². The van der Waals surface area contributed by atoms with Crippen molar-refractivity contribution in [1.82, 2.24) is 10.2 Å². The van der Waals surface area contributed by atoms with Crippen LogP contribution in [0.2, 0.25) is 0 Å². The number of carbonyl (C=O) groups is 2. The number of rotatable bonds is 7. The number of para-hydroxylation sites is 1. The first-order chi connectivity index (χ1) is 11.6. The molecule has 1 aliphatic carbocycles. The fourth-order valence-electron chi connectivity index (χ4n) is 3.03. The number of ether oxygens (including phenoxy) is 1. The Labute approximate surface area is 154 Å². The molecule has 0 atom stereocenters.